The summed E-state index contributed by atoms with van der Waals surface area (Å²) < 4.78 is 0.814. The van der Waals surface area contributed by atoms with E-state index in [0.717, 1.165) is 23.1 Å². The molecule has 0 bridgehead atoms. The predicted molar refractivity (Wildman–Crippen MR) is 87.2 cm³/mol. The minimum Gasteiger partial charge on any atom is -0.372 e. The number of carbonyl (C=O) groups excluding carboxylic acids is 1. The standard InChI is InChI=1S/C14H16N4OS2/c19-13(9-20-14-17-15-10-21-14)16-11-3-5-12(6-4-11)18-7-1-2-8-18/h3-6,10H,1-2,7-9H2,(H,16,19). The molecule has 0 spiro atoms. The fourth-order valence-corrected chi connectivity index (χ4v) is 3.57. The number of nitrogens with zero attached hydrogens (tertiary/aromatic N) is 3. The van der Waals surface area contributed by atoms with Gasteiger partial charge in [0.1, 0.15) is 5.51 Å². The van der Waals surface area contributed by atoms with Crippen LogP contribution in [0.15, 0.2) is 34.1 Å². The second-order valence-corrected chi connectivity index (χ2v) is 6.84. The van der Waals surface area contributed by atoms with Gasteiger partial charge in [-0.1, -0.05) is 23.1 Å². The highest BCUT2D eigenvalue weighted by Gasteiger charge is 2.12. The smallest absolute Gasteiger partial charge is 0.234 e. The van der Waals surface area contributed by atoms with Crippen LogP contribution in [-0.2, 0) is 4.79 Å². The second-order valence-electron chi connectivity index (χ2n) is 4.78. The van der Waals surface area contributed by atoms with E-state index in [1.54, 1.807) is 5.51 Å². The fourth-order valence-electron chi connectivity index (χ4n) is 2.28. The van der Waals surface area contributed by atoms with Crippen LogP contribution in [0.1, 0.15) is 12.8 Å². The van der Waals surface area contributed by atoms with Gasteiger partial charge in [0.2, 0.25) is 5.91 Å². The van der Waals surface area contributed by atoms with Gasteiger partial charge in [-0.3, -0.25) is 4.79 Å². The molecule has 1 aliphatic rings. The number of hydrogen-bond donors (Lipinski definition) is 1. The highest BCUT2D eigenvalue weighted by molar-refractivity contribution is 8.01. The Morgan fingerprint density at radius 1 is 1.29 bits per heavy atom. The van der Waals surface area contributed by atoms with E-state index in [1.165, 1.54) is 41.6 Å². The molecule has 2 aromatic rings. The average molecular weight is 320 g/mol. The quantitative estimate of drug-likeness (QED) is 0.859. The third-order valence-electron chi connectivity index (χ3n) is 3.29. The first-order chi connectivity index (χ1) is 10.3. The van der Waals surface area contributed by atoms with Gasteiger partial charge in [-0.2, -0.15) is 0 Å². The van der Waals surface area contributed by atoms with Gasteiger partial charge < -0.3 is 10.2 Å². The van der Waals surface area contributed by atoms with Gasteiger partial charge in [-0.25, -0.2) is 0 Å². The Labute approximate surface area is 131 Å². The molecular weight excluding hydrogens is 304 g/mol. The summed E-state index contributed by atoms with van der Waals surface area (Å²) >= 11 is 2.85. The predicted octanol–water partition coefficient (Wildman–Crippen LogP) is 2.87. The van der Waals surface area contributed by atoms with Gasteiger partial charge in [0.25, 0.3) is 0 Å². The SMILES string of the molecule is O=C(CSc1nncs1)Nc1ccc(N2CCCC2)cc1. The van der Waals surface area contributed by atoms with E-state index < -0.39 is 0 Å². The van der Waals surface area contributed by atoms with Crippen molar-refractivity contribution in [3.63, 3.8) is 0 Å². The van der Waals surface area contributed by atoms with E-state index in [4.69, 9.17) is 0 Å². The molecular formula is C14H16N4OS2. The Kier molecular flexibility index (Phi) is 4.72. The number of hydrogen-bond acceptors (Lipinski definition) is 6. The summed E-state index contributed by atoms with van der Waals surface area (Å²) in [6, 6.07) is 8.06. The number of amides is 1. The number of nitrogens with one attached hydrogen (secondary N) is 1. The van der Waals surface area contributed by atoms with E-state index in [0.29, 0.717) is 5.75 Å². The number of anilines is 2. The van der Waals surface area contributed by atoms with Crippen LogP contribution in [0.5, 0.6) is 0 Å². The Morgan fingerprint density at radius 2 is 2.05 bits per heavy atom. The number of carbonyl (C=O) groups is 1. The summed E-state index contributed by atoms with van der Waals surface area (Å²) in [6.07, 6.45) is 2.53. The zero-order valence-electron chi connectivity index (χ0n) is 11.5. The number of rotatable bonds is 5. The lowest BCUT2D eigenvalue weighted by molar-refractivity contribution is -0.113. The maximum absolute atomic E-state index is 11.9. The van der Waals surface area contributed by atoms with E-state index in [-0.39, 0.29) is 5.91 Å². The molecule has 1 fully saturated rings. The minimum atomic E-state index is -0.0240. The van der Waals surface area contributed by atoms with E-state index in [9.17, 15) is 4.79 Å². The van der Waals surface area contributed by atoms with Crippen molar-refractivity contribution >= 4 is 40.4 Å². The lowest BCUT2D eigenvalue weighted by Gasteiger charge is -2.17. The topological polar surface area (TPSA) is 58.1 Å². The average Bonchev–Trinajstić information content (AvgIpc) is 3.19. The summed E-state index contributed by atoms with van der Waals surface area (Å²) in [5.41, 5.74) is 3.73. The summed E-state index contributed by atoms with van der Waals surface area (Å²) in [4.78, 5) is 14.2. The van der Waals surface area contributed by atoms with E-state index in [2.05, 4.69) is 32.5 Å². The first-order valence-corrected chi connectivity index (χ1v) is 8.71. The van der Waals surface area contributed by atoms with Crippen molar-refractivity contribution in [2.24, 2.45) is 0 Å². The largest absolute Gasteiger partial charge is 0.372 e. The van der Waals surface area contributed by atoms with Crippen molar-refractivity contribution in [1.29, 1.82) is 0 Å². The van der Waals surface area contributed by atoms with Crippen molar-refractivity contribution in [2.45, 2.75) is 17.2 Å². The van der Waals surface area contributed by atoms with Crippen LogP contribution in [0.2, 0.25) is 0 Å². The molecule has 1 aliphatic heterocycles. The maximum atomic E-state index is 11.9. The van der Waals surface area contributed by atoms with Crippen molar-refractivity contribution in [3.8, 4) is 0 Å². The van der Waals surface area contributed by atoms with Crippen molar-refractivity contribution in [2.75, 3.05) is 29.1 Å². The highest BCUT2D eigenvalue weighted by atomic mass is 32.2. The Balaban J connectivity index is 1.51. The molecule has 110 valence electrons. The van der Waals surface area contributed by atoms with Crippen molar-refractivity contribution < 1.29 is 4.79 Å². The zero-order valence-corrected chi connectivity index (χ0v) is 13.1. The molecule has 3 rings (SSSR count). The summed E-state index contributed by atoms with van der Waals surface area (Å²) in [6.45, 7) is 2.26. The normalized spacial score (nSPS) is 14.4. The highest BCUT2D eigenvalue weighted by Crippen LogP contribution is 2.23. The molecule has 5 nitrogen and oxygen atoms in total. The fraction of sp³-hybridized carbons (Fsp3) is 0.357. The lowest BCUT2D eigenvalue weighted by Crippen LogP contribution is -2.18. The molecule has 1 amide bonds. The second kappa shape index (κ2) is 6.91. The van der Waals surface area contributed by atoms with Gasteiger partial charge >= 0.3 is 0 Å². The lowest BCUT2D eigenvalue weighted by atomic mass is 10.2. The van der Waals surface area contributed by atoms with Crippen LogP contribution >= 0.6 is 23.1 Å². The number of aromatic nitrogens is 2. The minimum absolute atomic E-state index is 0.0240. The molecule has 21 heavy (non-hydrogen) atoms. The van der Waals surface area contributed by atoms with Gasteiger partial charge in [-0.05, 0) is 37.1 Å². The molecule has 1 aromatic carbocycles. The number of benzene rings is 1. The first-order valence-electron chi connectivity index (χ1n) is 6.85. The molecule has 0 aliphatic carbocycles. The Bertz CT molecular complexity index is 580. The molecule has 0 atom stereocenters. The Hall–Kier alpha value is -1.60. The zero-order chi connectivity index (χ0) is 14.5. The molecule has 0 saturated carbocycles. The van der Waals surface area contributed by atoms with Crippen LogP contribution in [-0.4, -0.2) is 34.9 Å². The molecule has 1 aromatic heterocycles. The van der Waals surface area contributed by atoms with Crippen molar-refractivity contribution in [1.82, 2.24) is 10.2 Å². The van der Waals surface area contributed by atoms with E-state index in [1.807, 2.05) is 12.1 Å². The van der Waals surface area contributed by atoms with Crippen molar-refractivity contribution in [3.05, 3.63) is 29.8 Å². The number of thioether (sulfide) groups is 1. The third-order valence-corrected chi connectivity index (χ3v) is 5.15. The summed E-state index contributed by atoms with van der Waals surface area (Å²) in [7, 11) is 0. The molecule has 2 heterocycles. The molecule has 0 unspecified atom stereocenters. The summed E-state index contributed by atoms with van der Waals surface area (Å²) in [5, 5.41) is 10.5. The molecule has 1 N–H and O–H groups in total. The van der Waals surface area contributed by atoms with E-state index >= 15 is 0 Å². The van der Waals surface area contributed by atoms with Crippen LogP contribution in [0, 0.1) is 0 Å². The third kappa shape index (κ3) is 3.95. The van der Waals surface area contributed by atoms with Gasteiger partial charge in [0, 0.05) is 24.5 Å². The molecule has 1 saturated heterocycles. The monoisotopic (exact) mass is 320 g/mol. The summed E-state index contributed by atoms with van der Waals surface area (Å²) in [5.74, 6) is 0.326. The van der Waals surface area contributed by atoms with Gasteiger partial charge in [0.15, 0.2) is 4.34 Å². The maximum Gasteiger partial charge on any atom is 0.234 e. The van der Waals surface area contributed by atoms with Gasteiger partial charge in [0.05, 0.1) is 5.75 Å². The van der Waals surface area contributed by atoms with Crippen LogP contribution in [0.3, 0.4) is 0 Å². The first kappa shape index (κ1) is 14.3. The molecule has 7 heteroatoms. The van der Waals surface area contributed by atoms with Gasteiger partial charge in [-0.15, -0.1) is 10.2 Å². The Morgan fingerprint density at radius 3 is 2.71 bits per heavy atom. The molecule has 0 radical (unpaired) electrons. The van der Waals surface area contributed by atoms with Crippen LogP contribution in [0.4, 0.5) is 11.4 Å². The van der Waals surface area contributed by atoms with Crippen LogP contribution < -0.4 is 10.2 Å². The van der Waals surface area contributed by atoms with Crippen LogP contribution in [0.25, 0.3) is 0 Å².